The van der Waals surface area contributed by atoms with Gasteiger partial charge in [-0.25, -0.2) is 0 Å². The minimum absolute atomic E-state index is 0.150. The van der Waals surface area contributed by atoms with Crippen LogP contribution in [0.2, 0.25) is 0 Å². The summed E-state index contributed by atoms with van der Waals surface area (Å²) in [6, 6.07) is 3.33. The van der Waals surface area contributed by atoms with E-state index in [1.54, 1.807) is 0 Å². The SMILES string of the molecule is CCC(C#N)N1CCC(C2CCCN2)CC1. The van der Waals surface area contributed by atoms with Crippen molar-refractivity contribution >= 4 is 0 Å². The van der Waals surface area contributed by atoms with E-state index < -0.39 is 0 Å². The van der Waals surface area contributed by atoms with Crippen LogP contribution in [0, 0.1) is 17.2 Å². The molecule has 0 aromatic carbocycles. The Hall–Kier alpha value is -0.590. The Morgan fingerprint density at radius 2 is 2.12 bits per heavy atom. The van der Waals surface area contributed by atoms with Crippen LogP contribution in [-0.2, 0) is 0 Å². The summed E-state index contributed by atoms with van der Waals surface area (Å²) in [6.07, 6.45) is 6.22. The van der Waals surface area contributed by atoms with Crippen LogP contribution in [0.5, 0.6) is 0 Å². The average Bonchev–Trinajstić information content (AvgIpc) is 2.85. The molecule has 0 aliphatic carbocycles. The molecule has 2 rings (SSSR count). The largest absolute Gasteiger partial charge is 0.314 e. The minimum Gasteiger partial charge on any atom is -0.314 e. The Kier molecular flexibility index (Phi) is 4.20. The second kappa shape index (κ2) is 5.65. The third-order valence-electron chi connectivity index (χ3n) is 4.22. The molecule has 2 atom stereocenters. The average molecular weight is 221 g/mol. The monoisotopic (exact) mass is 221 g/mol. The lowest BCUT2D eigenvalue weighted by molar-refractivity contribution is 0.139. The lowest BCUT2D eigenvalue weighted by atomic mass is 9.88. The Bertz CT molecular complexity index is 244. The number of nitrogens with one attached hydrogen (secondary N) is 1. The lowest BCUT2D eigenvalue weighted by Gasteiger charge is -2.36. The van der Waals surface area contributed by atoms with Crippen molar-refractivity contribution in [2.75, 3.05) is 19.6 Å². The molecule has 2 aliphatic heterocycles. The van der Waals surface area contributed by atoms with Gasteiger partial charge in [0.2, 0.25) is 0 Å². The highest BCUT2D eigenvalue weighted by molar-refractivity contribution is 4.94. The predicted molar refractivity (Wildman–Crippen MR) is 65.0 cm³/mol. The van der Waals surface area contributed by atoms with Crippen molar-refractivity contribution in [3.8, 4) is 6.07 Å². The van der Waals surface area contributed by atoms with Crippen LogP contribution in [0.25, 0.3) is 0 Å². The molecule has 2 unspecified atom stereocenters. The van der Waals surface area contributed by atoms with E-state index in [1.165, 1.54) is 32.2 Å². The number of hydrogen-bond acceptors (Lipinski definition) is 3. The van der Waals surface area contributed by atoms with E-state index in [9.17, 15) is 0 Å². The van der Waals surface area contributed by atoms with E-state index in [0.717, 1.165) is 31.5 Å². The molecule has 2 fully saturated rings. The number of piperidine rings is 1. The first kappa shape index (κ1) is 11.9. The first-order valence-corrected chi connectivity index (χ1v) is 6.72. The molecule has 0 radical (unpaired) electrons. The first-order chi connectivity index (χ1) is 7.85. The molecule has 1 N–H and O–H groups in total. The highest BCUT2D eigenvalue weighted by atomic mass is 15.2. The van der Waals surface area contributed by atoms with Gasteiger partial charge in [-0.2, -0.15) is 5.26 Å². The normalized spacial score (nSPS) is 30.1. The molecule has 2 aliphatic rings. The van der Waals surface area contributed by atoms with Crippen molar-refractivity contribution in [2.24, 2.45) is 5.92 Å². The Morgan fingerprint density at radius 1 is 1.38 bits per heavy atom. The number of rotatable bonds is 3. The van der Waals surface area contributed by atoms with Crippen molar-refractivity contribution in [1.29, 1.82) is 5.26 Å². The second-order valence-electron chi connectivity index (χ2n) is 5.13. The molecule has 3 nitrogen and oxygen atoms in total. The maximum Gasteiger partial charge on any atom is 0.0975 e. The predicted octanol–water partition coefficient (Wildman–Crippen LogP) is 1.75. The zero-order valence-electron chi connectivity index (χ0n) is 10.3. The fourth-order valence-corrected chi connectivity index (χ4v) is 3.18. The van der Waals surface area contributed by atoms with Crippen LogP contribution in [-0.4, -0.2) is 36.6 Å². The summed E-state index contributed by atoms with van der Waals surface area (Å²) < 4.78 is 0. The van der Waals surface area contributed by atoms with Gasteiger partial charge in [0.05, 0.1) is 12.1 Å². The van der Waals surface area contributed by atoms with Gasteiger partial charge in [-0.15, -0.1) is 0 Å². The van der Waals surface area contributed by atoms with Crippen molar-refractivity contribution < 1.29 is 0 Å². The molecule has 0 aromatic heterocycles. The smallest absolute Gasteiger partial charge is 0.0975 e. The van der Waals surface area contributed by atoms with Gasteiger partial charge in [-0.1, -0.05) is 6.92 Å². The molecular formula is C13H23N3. The number of hydrogen-bond donors (Lipinski definition) is 1. The van der Waals surface area contributed by atoms with Gasteiger partial charge in [0.25, 0.3) is 0 Å². The third-order valence-corrected chi connectivity index (χ3v) is 4.22. The Morgan fingerprint density at radius 3 is 2.62 bits per heavy atom. The van der Waals surface area contributed by atoms with Crippen LogP contribution >= 0.6 is 0 Å². The topological polar surface area (TPSA) is 39.1 Å². The second-order valence-corrected chi connectivity index (χ2v) is 5.13. The van der Waals surface area contributed by atoms with Crippen LogP contribution in [0.3, 0.4) is 0 Å². The van der Waals surface area contributed by atoms with E-state index in [1.807, 2.05) is 0 Å². The Labute approximate surface area is 98.8 Å². The standard InChI is InChI=1S/C13H23N3/c1-2-12(10-14)16-8-5-11(6-9-16)13-4-3-7-15-13/h11-13,15H,2-9H2,1H3. The molecule has 2 heterocycles. The van der Waals surface area contributed by atoms with Gasteiger partial charge in [0.1, 0.15) is 0 Å². The highest BCUT2D eigenvalue weighted by Gasteiger charge is 2.30. The van der Waals surface area contributed by atoms with Crippen LogP contribution in [0.1, 0.15) is 39.0 Å². The zero-order valence-corrected chi connectivity index (χ0v) is 10.3. The molecule has 0 bridgehead atoms. The molecule has 2 saturated heterocycles. The Balaban J connectivity index is 1.80. The minimum atomic E-state index is 0.150. The summed E-state index contributed by atoms with van der Waals surface area (Å²) in [4.78, 5) is 2.37. The van der Waals surface area contributed by atoms with Crippen molar-refractivity contribution in [3.05, 3.63) is 0 Å². The van der Waals surface area contributed by atoms with Crippen LogP contribution < -0.4 is 5.32 Å². The van der Waals surface area contributed by atoms with Crippen LogP contribution in [0.15, 0.2) is 0 Å². The van der Waals surface area contributed by atoms with Gasteiger partial charge in [-0.05, 0) is 57.7 Å². The lowest BCUT2D eigenvalue weighted by Crippen LogP contribution is -2.44. The molecule has 16 heavy (non-hydrogen) atoms. The number of likely N-dealkylation sites (tertiary alicyclic amines) is 1. The summed E-state index contributed by atoms with van der Waals surface area (Å²) in [5.74, 6) is 0.856. The van der Waals surface area contributed by atoms with Crippen molar-refractivity contribution in [1.82, 2.24) is 10.2 Å². The van der Waals surface area contributed by atoms with Gasteiger partial charge in [0, 0.05) is 6.04 Å². The molecule has 90 valence electrons. The molecule has 0 amide bonds. The van der Waals surface area contributed by atoms with E-state index in [0.29, 0.717) is 0 Å². The molecular weight excluding hydrogens is 198 g/mol. The zero-order chi connectivity index (χ0) is 11.4. The molecule has 0 aromatic rings. The van der Waals surface area contributed by atoms with E-state index in [-0.39, 0.29) is 6.04 Å². The fourth-order valence-electron chi connectivity index (χ4n) is 3.18. The molecule has 0 spiro atoms. The first-order valence-electron chi connectivity index (χ1n) is 6.72. The van der Waals surface area contributed by atoms with Crippen LogP contribution in [0.4, 0.5) is 0 Å². The number of nitriles is 1. The maximum atomic E-state index is 9.05. The fraction of sp³-hybridized carbons (Fsp3) is 0.923. The van der Waals surface area contributed by atoms with Crippen molar-refractivity contribution in [3.63, 3.8) is 0 Å². The van der Waals surface area contributed by atoms with Crippen molar-refractivity contribution in [2.45, 2.75) is 51.1 Å². The summed E-state index contributed by atoms with van der Waals surface area (Å²) in [5.41, 5.74) is 0. The molecule has 3 heteroatoms. The van der Waals surface area contributed by atoms with Gasteiger partial charge >= 0.3 is 0 Å². The molecule has 0 saturated carbocycles. The van der Waals surface area contributed by atoms with Gasteiger partial charge < -0.3 is 5.32 Å². The number of nitrogens with zero attached hydrogens (tertiary/aromatic N) is 2. The summed E-state index contributed by atoms with van der Waals surface area (Å²) >= 11 is 0. The summed E-state index contributed by atoms with van der Waals surface area (Å²) in [5, 5.41) is 12.7. The maximum absolute atomic E-state index is 9.05. The summed E-state index contributed by atoms with van der Waals surface area (Å²) in [7, 11) is 0. The van der Waals surface area contributed by atoms with E-state index in [2.05, 4.69) is 23.2 Å². The summed E-state index contributed by atoms with van der Waals surface area (Å²) in [6.45, 7) is 5.56. The third kappa shape index (κ3) is 2.56. The van der Waals surface area contributed by atoms with Gasteiger partial charge in [0.15, 0.2) is 0 Å². The van der Waals surface area contributed by atoms with Gasteiger partial charge in [-0.3, -0.25) is 4.90 Å². The van der Waals surface area contributed by atoms with E-state index in [4.69, 9.17) is 5.26 Å². The quantitative estimate of drug-likeness (QED) is 0.789. The highest BCUT2D eigenvalue weighted by Crippen LogP contribution is 2.26. The van der Waals surface area contributed by atoms with E-state index >= 15 is 0 Å².